The summed E-state index contributed by atoms with van der Waals surface area (Å²) in [6, 6.07) is 0. The van der Waals surface area contributed by atoms with Crippen LogP contribution in [-0.2, 0) is 19.1 Å². The quantitative estimate of drug-likeness (QED) is 0.222. The first kappa shape index (κ1) is 37.9. The van der Waals surface area contributed by atoms with Crippen molar-refractivity contribution in [2.24, 2.45) is 44.3 Å². The number of carbonyl (C=O) groups excluding carboxylic acids is 3. The molecule has 5 aliphatic carbocycles. The molecule has 0 heterocycles. The minimum Gasteiger partial charge on any atom is -0.550 e. The van der Waals surface area contributed by atoms with E-state index in [2.05, 4.69) is 41.5 Å². The molecule has 8 atom stereocenters. The predicted molar refractivity (Wildman–Crippen MR) is 148 cm³/mol. The number of fused-ring (bicyclic) bond motifs is 6. The van der Waals surface area contributed by atoms with Crippen molar-refractivity contribution in [3.63, 3.8) is 0 Å². The summed E-state index contributed by atoms with van der Waals surface area (Å²) in [6.07, 6.45) is 10.1. The molecule has 0 bridgehead atoms. The topological polar surface area (TPSA) is 107 Å². The number of hydrogen-bond donors (Lipinski definition) is 0. The van der Waals surface area contributed by atoms with Crippen LogP contribution in [0.3, 0.4) is 0 Å². The minimum absolute atomic E-state index is 0. The van der Waals surface area contributed by atoms with Crippen molar-refractivity contribution in [2.45, 2.75) is 138 Å². The van der Waals surface area contributed by atoms with Gasteiger partial charge in [-0.3, -0.25) is 4.79 Å². The molecule has 0 aromatic heterocycles. The van der Waals surface area contributed by atoms with Crippen LogP contribution in [0, 0.1) is 44.3 Å². The Morgan fingerprint density at radius 1 is 0.762 bits per heavy atom. The Labute approximate surface area is 338 Å². The molecule has 0 spiro atoms. The average molecular weight is 633 g/mol. The molecule has 0 aromatic rings. The van der Waals surface area contributed by atoms with Gasteiger partial charge >= 0.3 is 109 Å². The number of carboxylic acid groups (broad SMARTS) is 2. The maximum Gasteiger partial charge on any atom is 1.00 e. The first-order valence-electron chi connectivity index (χ1n) is 15.8. The van der Waals surface area contributed by atoms with Gasteiger partial charge in [-0.25, -0.2) is 0 Å². The average Bonchev–Trinajstić information content (AvgIpc) is 2.87. The number of rotatable bonds is 5. The molecular weight excluding hydrogens is 583 g/mol. The fourth-order valence-electron chi connectivity index (χ4n) is 11.1. The van der Waals surface area contributed by atoms with Crippen LogP contribution in [0.15, 0.2) is 11.1 Å². The van der Waals surface area contributed by atoms with E-state index in [4.69, 9.17) is 4.74 Å². The van der Waals surface area contributed by atoms with E-state index >= 15 is 0 Å². The molecule has 3 fully saturated rings. The molecule has 0 aromatic carbocycles. The third kappa shape index (κ3) is 5.87. The van der Waals surface area contributed by atoms with E-state index in [1.165, 1.54) is 6.42 Å². The van der Waals surface area contributed by atoms with Gasteiger partial charge in [-0.2, -0.15) is 0 Å². The van der Waals surface area contributed by atoms with Gasteiger partial charge in [0.05, 0.1) is 6.42 Å². The Kier molecular flexibility index (Phi) is 11.5. The van der Waals surface area contributed by atoms with E-state index in [9.17, 15) is 24.6 Å². The van der Waals surface area contributed by atoms with Crippen LogP contribution in [0.1, 0.15) is 132 Å². The molecule has 0 unspecified atom stereocenters. The number of carbonyl (C=O) groups is 3. The zero-order valence-corrected chi connectivity index (χ0v) is 34.1. The Hall–Kier alpha value is 1.42. The molecule has 0 amide bonds. The van der Waals surface area contributed by atoms with Gasteiger partial charge in [-0.15, -0.1) is 0 Å². The third-order valence-corrected chi connectivity index (χ3v) is 14.0. The van der Waals surface area contributed by atoms with Gasteiger partial charge < -0.3 is 24.5 Å². The molecular formula is C34H50K2O6. The summed E-state index contributed by atoms with van der Waals surface area (Å²) >= 11 is 0. The number of allylic oxidation sites excluding steroid dienone is 2. The number of esters is 1. The van der Waals surface area contributed by atoms with Crippen molar-refractivity contribution in [3.8, 4) is 0 Å². The zero-order chi connectivity index (χ0) is 29.5. The Morgan fingerprint density at radius 3 is 2.02 bits per heavy atom. The van der Waals surface area contributed by atoms with Gasteiger partial charge in [-0.1, -0.05) is 59.6 Å². The number of carboxylic acids is 2. The summed E-state index contributed by atoms with van der Waals surface area (Å²) in [7, 11) is 0. The molecule has 8 heteroatoms. The van der Waals surface area contributed by atoms with Crippen LogP contribution in [0.4, 0.5) is 0 Å². The van der Waals surface area contributed by atoms with Gasteiger partial charge in [0, 0.05) is 22.8 Å². The van der Waals surface area contributed by atoms with E-state index in [0.717, 1.165) is 64.2 Å². The maximum atomic E-state index is 12.5. The SMILES string of the molecule is CC1(C)[C@@H](OC(=O)CCC(=O)[O-])CC[C@]2(C)C3=C(CC[C@@H]12)[C@@]1(C)CC[C@@]2(C)CC[C@](C)(C(=O)[O-])C[C@H]2[C@]1(C)CC3.[K+].[K+]. The Balaban J connectivity index is 0.00000242. The molecule has 224 valence electrons. The normalized spacial score (nSPS) is 43.6. The van der Waals surface area contributed by atoms with E-state index in [-0.39, 0.29) is 149 Å². The van der Waals surface area contributed by atoms with Crippen LogP contribution in [0.25, 0.3) is 0 Å². The summed E-state index contributed by atoms with van der Waals surface area (Å²) in [5.74, 6) is -1.80. The van der Waals surface area contributed by atoms with Crippen LogP contribution in [0.2, 0.25) is 0 Å². The smallest absolute Gasteiger partial charge is 0.550 e. The predicted octanol–water partition coefficient (Wildman–Crippen LogP) is -0.868. The van der Waals surface area contributed by atoms with Crippen LogP contribution in [0.5, 0.6) is 0 Å². The van der Waals surface area contributed by atoms with Crippen molar-refractivity contribution < 1.29 is 132 Å². The van der Waals surface area contributed by atoms with Gasteiger partial charge in [-0.05, 0) is 111 Å². The number of aliphatic carboxylic acids is 2. The fraction of sp³-hybridized carbons (Fsp3) is 0.853. The maximum absolute atomic E-state index is 12.5. The standard InChI is InChI=1S/C34H52O6.2K/c1-29(2)23-9-8-22-21(32(23,5)14-13-25(29)40-27(37)11-10-26(35)36)12-15-34(7)24-20-31(4,28(38)39)17-16-30(24,3)18-19-33(22,34)6;;/h23-25H,8-20H2,1-7H3,(H,35,36)(H,38,39);;/q;2*+1/p-2/t23-,24+,25-,30+,31-,32+,33+,34-;;/m0../s1. The second kappa shape index (κ2) is 12.8. The minimum atomic E-state index is -1.22. The summed E-state index contributed by atoms with van der Waals surface area (Å²) in [4.78, 5) is 35.6. The largest absolute Gasteiger partial charge is 1.00 e. The summed E-state index contributed by atoms with van der Waals surface area (Å²) < 4.78 is 5.92. The van der Waals surface area contributed by atoms with Crippen LogP contribution >= 0.6 is 0 Å². The van der Waals surface area contributed by atoms with Crippen LogP contribution in [-0.4, -0.2) is 24.0 Å². The first-order valence-corrected chi connectivity index (χ1v) is 15.8. The molecule has 0 aliphatic heterocycles. The molecule has 6 nitrogen and oxygen atoms in total. The summed E-state index contributed by atoms with van der Waals surface area (Å²) in [5, 5.41) is 23.1. The van der Waals surface area contributed by atoms with Crippen molar-refractivity contribution in [1.82, 2.24) is 0 Å². The molecule has 0 saturated heterocycles. The van der Waals surface area contributed by atoms with E-state index in [1.807, 2.05) is 6.92 Å². The van der Waals surface area contributed by atoms with Gasteiger partial charge in [0.25, 0.3) is 0 Å². The monoisotopic (exact) mass is 632 g/mol. The van der Waals surface area contributed by atoms with Gasteiger partial charge in [0.1, 0.15) is 6.10 Å². The molecule has 42 heavy (non-hydrogen) atoms. The second-order valence-corrected chi connectivity index (χ2v) is 16.2. The number of ether oxygens (including phenoxy) is 1. The fourth-order valence-corrected chi connectivity index (χ4v) is 11.1. The third-order valence-electron chi connectivity index (χ3n) is 14.0. The molecule has 5 rings (SSSR count). The molecule has 5 aliphatic rings. The summed E-state index contributed by atoms with van der Waals surface area (Å²) in [6.45, 7) is 16.3. The number of hydrogen-bond acceptors (Lipinski definition) is 6. The molecule has 0 N–H and O–H groups in total. The zero-order valence-electron chi connectivity index (χ0n) is 27.9. The van der Waals surface area contributed by atoms with E-state index in [0.29, 0.717) is 11.8 Å². The first-order chi connectivity index (χ1) is 18.4. The molecule has 3 saturated carbocycles. The second-order valence-electron chi connectivity index (χ2n) is 16.2. The van der Waals surface area contributed by atoms with E-state index < -0.39 is 23.3 Å². The van der Waals surface area contributed by atoms with Gasteiger partial charge in [0.2, 0.25) is 0 Å². The van der Waals surface area contributed by atoms with Crippen molar-refractivity contribution in [1.29, 1.82) is 0 Å². The summed E-state index contributed by atoms with van der Waals surface area (Å²) in [5.41, 5.74) is 2.68. The Morgan fingerprint density at radius 2 is 1.40 bits per heavy atom. The van der Waals surface area contributed by atoms with Gasteiger partial charge in [0.15, 0.2) is 0 Å². The molecule has 0 radical (unpaired) electrons. The Bertz CT molecular complexity index is 1150. The van der Waals surface area contributed by atoms with E-state index in [1.54, 1.807) is 11.1 Å². The van der Waals surface area contributed by atoms with Crippen molar-refractivity contribution >= 4 is 17.9 Å². The van der Waals surface area contributed by atoms with Crippen molar-refractivity contribution in [3.05, 3.63) is 11.1 Å². The van der Waals surface area contributed by atoms with Crippen LogP contribution < -0.4 is 113 Å². The van der Waals surface area contributed by atoms with Crippen molar-refractivity contribution in [2.75, 3.05) is 0 Å².